The number of unbranched alkanes of at least 4 members (excludes halogenated alkanes) is 6. The third-order valence-electron chi connectivity index (χ3n) is 6.35. The van der Waals surface area contributed by atoms with Crippen molar-refractivity contribution in [1.29, 1.82) is 0 Å². The van der Waals surface area contributed by atoms with E-state index < -0.39 is 0 Å². The fourth-order valence-electron chi connectivity index (χ4n) is 4.51. The summed E-state index contributed by atoms with van der Waals surface area (Å²) in [5.74, 6) is 1.81. The van der Waals surface area contributed by atoms with Crippen molar-refractivity contribution in [3.8, 4) is 22.5 Å². The maximum atomic E-state index is 4.78. The normalized spacial score (nSPS) is 10.9. The Morgan fingerprint density at radius 1 is 0.735 bits per heavy atom. The third-order valence-corrected chi connectivity index (χ3v) is 6.35. The van der Waals surface area contributed by atoms with Gasteiger partial charge in [-0.15, -0.1) is 35.4 Å². The summed E-state index contributed by atoms with van der Waals surface area (Å²) in [7, 11) is 1.98. The topological polar surface area (TPSA) is 30.7 Å². The second kappa shape index (κ2) is 15.3. The van der Waals surface area contributed by atoms with Crippen LogP contribution in [0.2, 0.25) is 0 Å². The van der Waals surface area contributed by atoms with Crippen molar-refractivity contribution in [2.75, 3.05) is 0 Å². The molecule has 0 N–H and O–H groups in total. The fraction of sp³-hybridized carbons (Fsp3) is 0.533. The molecule has 3 rings (SSSR count). The number of aryl methyl sites for hydroxylation is 4. The monoisotopic (exact) mass is 637 g/mol. The number of benzene rings is 2. The molecule has 0 aliphatic heterocycles. The van der Waals surface area contributed by atoms with E-state index in [0.29, 0.717) is 0 Å². The molecule has 2 aromatic carbocycles. The van der Waals surface area contributed by atoms with E-state index in [1.54, 1.807) is 0 Å². The van der Waals surface area contributed by atoms with Gasteiger partial charge in [0.2, 0.25) is 0 Å². The van der Waals surface area contributed by atoms with Gasteiger partial charge in [0.05, 0.1) is 5.82 Å². The van der Waals surface area contributed by atoms with E-state index >= 15 is 0 Å². The molecule has 0 spiro atoms. The zero-order valence-electron chi connectivity index (χ0n) is 21.6. The molecular weight excluding hydrogens is 595 g/mol. The summed E-state index contributed by atoms with van der Waals surface area (Å²) in [6, 6.07) is 17.1. The molecule has 0 unspecified atom stereocenters. The molecule has 1 aromatic heterocycles. The number of rotatable bonds is 14. The van der Waals surface area contributed by atoms with Crippen LogP contribution in [0.15, 0.2) is 36.4 Å². The smallest absolute Gasteiger partial charge is 0.140 e. The van der Waals surface area contributed by atoms with Crippen LogP contribution in [0, 0.1) is 6.07 Å². The molecule has 0 saturated heterocycles. The Balaban J connectivity index is 0.00000408. The molecule has 187 valence electrons. The van der Waals surface area contributed by atoms with Gasteiger partial charge in [0.1, 0.15) is 5.82 Å². The summed E-state index contributed by atoms with van der Waals surface area (Å²) in [5, 5.41) is 4.59. The van der Waals surface area contributed by atoms with Crippen LogP contribution in [0.3, 0.4) is 0 Å². The summed E-state index contributed by atoms with van der Waals surface area (Å²) >= 11 is 0. The van der Waals surface area contributed by atoms with Crippen LogP contribution >= 0.6 is 0 Å². The molecule has 0 atom stereocenters. The van der Waals surface area contributed by atoms with Gasteiger partial charge in [-0.05, 0) is 48.8 Å². The van der Waals surface area contributed by atoms with E-state index in [0.717, 1.165) is 30.1 Å². The zero-order chi connectivity index (χ0) is 23.5. The Morgan fingerprint density at radius 2 is 1.38 bits per heavy atom. The van der Waals surface area contributed by atoms with Gasteiger partial charge in [0.15, 0.2) is 0 Å². The van der Waals surface area contributed by atoms with Gasteiger partial charge in [-0.2, -0.15) is 5.10 Å². The largest absolute Gasteiger partial charge is 0.289 e. The number of hydrogen-bond donors (Lipinski definition) is 0. The van der Waals surface area contributed by atoms with Crippen molar-refractivity contribution in [2.24, 2.45) is 7.05 Å². The van der Waals surface area contributed by atoms with Gasteiger partial charge >= 0.3 is 0 Å². The zero-order valence-corrected chi connectivity index (χ0v) is 24.0. The van der Waals surface area contributed by atoms with Gasteiger partial charge in [0.25, 0.3) is 0 Å². The Bertz CT molecular complexity index is 962. The molecule has 0 aliphatic carbocycles. The third kappa shape index (κ3) is 8.47. The van der Waals surface area contributed by atoms with Crippen LogP contribution in [-0.4, -0.2) is 14.8 Å². The standard InChI is InChI=1S/C30H42N3.Ir/c1-5-8-10-12-16-24-20-25(17-13-11-9-6-2)22-28(21-24)26-18-14-19-27(23-26)30-31-29(15-7-3)32-33(30)4;/h14,18,20-23H,5-13,15-17H2,1-4H3;/q-1;. The Morgan fingerprint density at radius 3 is 1.97 bits per heavy atom. The second-order valence-electron chi connectivity index (χ2n) is 9.38. The summed E-state index contributed by atoms with van der Waals surface area (Å²) in [4.78, 5) is 4.78. The molecule has 4 heteroatoms. The predicted molar refractivity (Wildman–Crippen MR) is 140 cm³/mol. The van der Waals surface area contributed by atoms with Crippen molar-refractivity contribution in [2.45, 2.75) is 97.8 Å². The molecule has 3 aromatic rings. The van der Waals surface area contributed by atoms with Crippen molar-refractivity contribution >= 4 is 0 Å². The Labute approximate surface area is 221 Å². The summed E-state index contributed by atoms with van der Waals surface area (Å²) in [6.45, 7) is 6.72. The van der Waals surface area contributed by atoms with Crippen molar-refractivity contribution in [3.05, 3.63) is 59.4 Å². The first kappa shape index (κ1) is 28.5. The van der Waals surface area contributed by atoms with Gasteiger partial charge in [-0.1, -0.05) is 77.5 Å². The average Bonchev–Trinajstić information content (AvgIpc) is 3.20. The Kier molecular flexibility index (Phi) is 12.8. The fourth-order valence-corrected chi connectivity index (χ4v) is 4.51. The first-order valence-electron chi connectivity index (χ1n) is 13.2. The number of aromatic nitrogens is 3. The minimum absolute atomic E-state index is 0. The predicted octanol–water partition coefficient (Wildman–Crippen LogP) is 8.14. The maximum absolute atomic E-state index is 4.78. The molecule has 0 saturated carbocycles. The SMILES string of the molecule is CCCCCCc1cc(CCCCCC)cc(-c2cc[c-]c(-c3nc(CCC)nn3C)c2)c1.[Ir]. The average molecular weight is 637 g/mol. The summed E-state index contributed by atoms with van der Waals surface area (Å²) < 4.78 is 1.89. The summed E-state index contributed by atoms with van der Waals surface area (Å²) in [6.07, 6.45) is 14.7. The number of hydrogen-bond acceptors (Lipinski definition) is 2. The van der Waals surface area contributed by atoms with Crippen LogP contribution < -0.4 is 0 Å². The van der Waals surface area contributed by atoms with Crippen LogP contribution in [-0.2, 0) is 46.4 Å². The van der Waals surface area contributed by atoms with E-state index in [9.17, 15) is 0 Å². The minimum Gasteiger partial charge on any atom is -0.289 e. The number of nitrogens with zero attached hydrogens (tertiary/aromatic N) is 3. The summed E-state index contributed by atoms with van der Waals surface area (Å²) in [5.41, 5.74) is 6.54. The molecule has 0 aliphatic rings. The quantitative estimate of drug-likeness (QED) is 0.132. The molecule has 0 bridgehead atoms. The molecule has 0 fully saturated rings. The van der Waals surface area contributed by atoms with Crippen LogP contribution in [0.4, 0.5) is 0 Å². The molecule has 3 nitrogen and oxygen atoms in total. The van der Waals surface area contributed by atoms with Gasteiger partial charge in [-0.3, -0.25) is 9.67 Å². The van der Waals surface area contributed by atoms with E-state index in [2.05, 4.69) is 62.3 Å². The van der Waals surface area contributed by atoms with Crippen molar-refractivity contribution < 1.29 is 20.1 Å². The van der Waals surface area contributed by atoms with Crippen LogP contribution in [0.1, 0.15) is 95.5 Å². The van der Waals surface area contributed by atoms with E-state index in [1.165, 1.54) is 86.5 Å². The maximum Gasteiger partial charge on any atom is 0.140 e. The molecule has 34 heavy (non-hydrogen) atoms. The van der Waals surface area contributed by atoms with Crippen LogP contribution in [0.5, 0.6) is 0 Å². The van der Waals surface area contributed by atoms with E-state index in [-0.39, 0.29) is 20.1 Å². The van der Waals surface area contributed by atoms with Gasteiger partial charge in [0, 0.05) is 33.6 Å². The van der Waals surface area contributed by atoms with Gasteiger partial charge in [-0.25, -0.2) is 0 Å². The van der Waals surface area contributed by atoms with Crippen molar-refractivity contribution in [3.63, 3.8) is 0 Å². The van der Waals surface area contributed by atoms with E-state index in [1.807, 2.05) is 17.8 Å². The molecular formula is C30H42IrN3-. The molecule has 0 amide bonds. The first-order valence-corrected chi connectivity index (χ1v) is 13.2. The molecule has 1 radical (unpaired) electrons. The van der Waals surface area contributed by atoms with Crippen LogP contribution in [0.25, 0.3) is 22.5 Å². The molecule has 1 heterocycles. The van der Waals surface area contributed by atoms with Crippen molar-refractivity contribution in [1.82, 2.24) is 14.8 Å². The minimum atomic E-state index is 0. The van der Waals surface area contributed by atoms with E-state index in [4.69, 9.17) is 4.98 Å². The second-order valence-corrected chi connectivity index (χ2v) is 9.38. The first-order chi connectivity index (χ1) is 16.1. The van der Waals surface area contributed by atoms with Gasteiger partial charge < -0.3 is 0 Å². The Hall–Kier alpha value is -1.77.